The van der Waals surface area contributed by atoms with Crippen molar-refractivity contribution in [1.82, 2.24) is 10.2 Å². The van der Waals surface area contributed by atoms with E-state index in [0.717, 1.165) is 29.9 Å². The molecule has 0 unspecified atom stereocenters. The molecule has 1 saturated carbocycles. The van der Waals surface area contributed by atoms with Crippen LogP contribution in [0.15, 0.2) is 18.2 Å². The van der Waals surface area contributed by atoms with Crippen LogP contribution in [0.3, 0.4) is 0 Å². The Labute approximate surface area is 152 Å². The fraction of sp³-hybridized carbons (Fsp3) is 0.412. The zero-order chi connectivity index (χ0) is 19.8. The van der Waals surface area contributed by atoms with Gasteiger partial charge >= 0.3 is 12.0 Å². The highest BCUT2D eigenvalue weighted by molar-refractivity contribution is 6.09. The molecule has 2 N–H and O–H groups in total. The van der Waals surface area contributed by atoms with Crippen molar-refractivity contribution in [1.29, 1.82) is 0 Å². The van der Waals surface area contributed by atoms with Gasteiger partial charge in [0.1, 0.15) is 23.7 Å². The van der Waals surface area contributed by atoms with Crippen LogP contribution in [-0.2, 0) is 19.1 Å². The molecule has 27 heavy (non-hydrogen) atoms. The molecule has 1 heterocycles. The molecule has 1 aromatic rings. The molecule has 0 radical (unpaired) electrons. The van der Waals surface area contributed by atoms with Crippen molar-refractivity contribution in [3.05, 3.63) is 29.8 Å². The summed E-state index contributed by atoms with van der Waals surface area (Å²) in [7, 11) is 0. The first-order chi connectivity index (χ1) is 12.7. The lowest BCUT2D eigenvalue weighted by Crippen LogP contribution is -2.46. The number of nitrogens with zero attached hydrogens (tertiary/aromatic N) is 1. The van der Waals surface area contributed by atoms with Gasteiger partial charge in [0.2, 0.25) is 0 Å². The van der Waals surface area contributed by atoms with Crippen LogP contribution >= 0.6 is 0 Å². The van der Waals surface area contributed by atoms with Crippen LogP contribution in [0.2, 0.25) is 0 Å². The molecule has 0 spiro atoms. The minimum Gasteiger partial charge on any atom is -0.454 e. The standard InChI is InChI=1S/C17H17F2N3O5/c1-17(9-2-3-9)15(25)22(16(26)21-17)7-14(24)27-8-13(23)20-12-5-4-10(18)6-11(12)19/h4-6,9H,2-3,7-8H2,1H3,(H,20,23)(H,21,26)/t17-/m0/s1. The van der Waals surface area contributed by atoms with Crippen LogP contribution in [0.1, 0.15) is 19.8 Å². The lowest BCUT2D eigenvalue weighted by molar-refractivity contribution is -0.150. The van der Waals surface area contributed by atoms with Crippen LogP contribution in [0, 0.1) is 17.6 Å². The van der Waals surface area contributed by atoms with Gasteiger partial charge in [0.05, 0.1) is 5.69 Å². The van der Waals surface area contributed by atoms with Crippen molar-refractivity contribution in [3.63, 3.8) is 0 Å². The Balaban J connectivity index is 1.50. The third kappa shape index (κ3) is 3.88. The topological polar surface area (TPSA) is 105 Å². The van der Waals surface area contributed by atoms with Crippen molar-refractivity contribution in [2.75, 3.05) is 18.5 Å². The Morgan fingerprint density at radius 1 is 1.33 bits per heavy atom. The van der Waals surface area contributed by atoms with Gasteiger partial charge in [-0.1, -0.05) is 0 Å². The fourth-order valence-electron chi connectivity index (χ4n) is 2.89. The molecular weight excluding hydrogens is 364 g/mol. The van der Waals surface area contributed by atoms with E-state index < -0.39 is 54.1 Å². The summed E-state index contributed by atoms with van der Waals surface area (Å²) in [5.41, 5.74) is -1.29. The van der Waals surface area contributed by atoms with Crippen LogP contribution in [0.5, 0.6) is 0 Å². The molecule has 1 saturated heterocycles. The van der Waals surface area contributed by atoms with Crippen LogP contribution < -0.4 is 10.6 Å². The molecule has 0 bridgehead atoms. The average Bonchev–Trinajstić information content (AvgIpc) is 3.42. The summed E-state index contributed by atoms with van der Waals surface area (Å²) < 4.78 is 31.0. The summed E-state index contributed by atoms with van der Waals surface area (Å²) in [6.07, 6.45) is 1.64. The number of esters is 1. The smallest absolute Gasteiger partial charge is 0.326 e. The van der Waals surface area contributed by atoms with Gasteiger partial charge in [-0.05, 0) is 37.8 Å². The van der Waals surface area contributed by atoms with Crippen molar-refractivity contribution in [2.24, 2.45) is 5.92 Å². The molecule has 1 aliphatic carbocycles. The van der Waals surface area contributed by atoms with Gasteiger partial charge in [0.25, 0.3) is 11.8 Å². The Hall–Kier alpha value is -3.04. The summed E-state index contributed by atoms with van der Waals surface area (Å²) in [5.74, 6) is -4.06. The number of hydrogen-bond donors (Lipinski definition) is 2. The first-order valence-electron chi connectivity index (χ1n) is 8.25. The Bertz CT molecular complexity index is 827. The lowest BCUT2D eigenvalue weighted by Gasteiger charge is -2.20. The van der Waals surface area contributed by atoms with Crippen molar-refractivity contribution in [2.45, 2.75) is 25.3 Å². The minimum atomic E-state index is -1.02. The van der Waals surface area contributed by atoms with E-state index in [4.69, 9.17) is 4.74 Å². The number of amides is 4. The molecule has 1 aliphatic heterocycles. The first-order valence-corrected chi connectivity index (χ1v) is 8.25. The fourth-order valence-corrected chi connectivity index (χ4v) is 2.89. The maximum Gasteiger partial charge on any atom is 0.326 e. The molecule has 1 atom stereocenters. The second-order valence-corrected chi connectivity index (χ2v) is 6.63. The molecule has 2 aliphatic rings. The number of imide groups is 1. The van der Waals surface area contributed by atoms with Gasteiger partial charge in [-0.2, -0.15) is 0 Å². The molecule has 0 aromatic heterocycles. The number of benzene rings is 1. The van der Waals surface area contributed by atoms with Crippen molar-refractivity contribution >= 4 is 29.5 Å². The first kappa shape index (κ1) is 18.7. The van der Waals surface area contributed by atoms with Crippen molar-refractivity contribution in [3.8, 4) is 0 Å². The van der Waals surface area contributed by atoms with Gasteiger partial charge in [-0.15, -0.1) is 0 Å². The number of halogens is 2. The summed E-state index contributed by atoms with van der Waals surface area (Å²) in [5, 5.41) is 4.71. The van der Waals surface area contributed by atoms with E-state index in [0.29, 0.717) is 6.07 Å². The SMILES string of the molecule is C[C@@]1(C2CC2)NC(=O)N(CC(=O)OCC(=O)Nc2ccc(F)cc2F)C1=O. The predicted molar refractivity (Wildman–Crippen MR) is 87.3 cm³/mol. The van der Waals surface area contributed by atoms with Gasteiger partial charge in [-0.25, -0.2) is 13.6 Å². The number of hydrogen-bond acceptors (Lipinski definition) is 5. The highest BCUT2D eigenvalue weighted by atomic mass is 19.1. The van der Waals surface area contributed by atoms with E-state index in [-0.39, 0.29) is 11.6 Å². The summed E-state index contributed by atoms with van der Waals surface area (Å²) in [4.78, 5) is 48.6. The number of nitrogens with one attached hydrogen (secondary N) is 2. The van der Waals surface area contributed by atoms with Crippen molar-refractivity contribution < 1.29 is 32.7 Å². The minimum absolute atomic E-state index is 0.0475. The number of anilines is 1. The van der Waals surface area contributed by atoms with E-state index in [1.165, 1.54) is 0 Å². The second-order valence-electron chi connectivity index (χ2n) is 6.63. The zero-order valence-corrected chi connectivity index (χ0v) is 14.4. The third-order valence-corrected chi connectivity index (χ3v) is 4.55. The van der Waals surface area contributed by atoms with Crippen LogP contribution in [0.4, 0.5) is 19.3 Å². The number of urea groups is 1. The summed E-state index contributed by atoms with van der Waals surface area (Å²) in [6.45, 7) is 0.227. The largest absolute Gasteiger partial charge is 0.454 e. The Morgan fingerprint density at radius 2 is 2.04 bits per heavy atom. The predicted octanol–water partition coefficient (Wildman–Crippen LogP) is 1.17. The quantitative estimate of drug-likeness (QED) is 0.569. The lowest BCUT2D eigenvalue weighted by atomic mass is 9.96. The third-order valence-electron chi connectivity index (χ3n) is 4.55. The van der Waals surface area contributed by atoms with E-state index in [1.54, 1.807) is 6.92 Å². The van der Waals surface area contributed by atoms with E-state index in [2.05, 4.69) is 10.6 Å². The summed E-state index contributed by atoms with van der Waals surface area (Å²) >= 11 is 0. The highest BCUT2D eigenvalue weighted by Gasteiger charge is 2.56. The number of carbonyl (C=O) groups excluding carboxylic acids is 4. The molecule has 8 nitrogen and oxygen atoms in total. The van der Waals surface area contributed by atoms with Crippen LogP contribution in [0.25, 0.3) is 0 Å². The molecule has 10 heteroatoms. The van der Waals surface area contributed by atoms with Gasteiger partial charge < -0.3 is 15.4 Å². The number of ether oxygens (including phenoxy) is 1. The maximum atomic E-state index is 13.5. The zero-order valence-electron chi connectivity index (χ0n) is 14.4. The van der Waals surface area contributed by atoms with E-state index in [9.17, 15) is 28.0 Å². The molecule has 144 valence electrons. The normalized spacial score (nSPS) is 21.8. The average molecular weight is 381 g/mol. The monoisotopic (exact) mass is 381 g/mol. The maximum absolute atomic E-state index is 13.5. The summed E-state index contributed by atoms with van der Waals surface area (Å²) in [6, 6.07) is 1.88. The number of carbonyl (C=O) groups is 4. The Kier molecular flexibility index (Phi) is 4.81. The van der Waals surface area contributed by atoms with Gasteiger partial charge in [0.15, 0.2) is 6.61 Å². The second kappa shape index (κ2) is 6.93. The Morgan fingerprint density at radius 3 is 2.67 bits per heavy atom. The van der Waals surface area contributed by atoms with Gasteiger partial charge in [-0.3, -0.25) is 19.3 Å². The van der Waals surface area contributed by atoms with Gasteiger partial charge in [0, 0.05) is 6.07 Å². The molecule has 4 amide bonds. The number of rotatable bonds is 6. The molecule has 3 rings (SSSR count). The van der Waals surface area contributed by atoms with E-state index >= 15 is 0 Å². The van der Waals surface area contributed by atoms with E-state index in [1.807, 2.05) is 0 Å². The molecule has 2 fully saturated rings. The molecule has 1 aromatic carbocycles. The van der Waals surface area contributed by atoms with Crippen LogP contribution in [-0.4, -0.2) is 47.4 Å². The molecular formula is C17H17F2N3O5. The highest BCUT2D eigenvalue weighted by Crippen LogP contribution is 2.42.